The highest BCUT2D eigenvalue weighted by Crippen LogP contribution is 2.37. The fraction of sp³-hybridized carbons (Fsp3) is 0.500. The second-order valence-electron chi connectivity index (χ2n) is 8.79. The molecule has 5 heteroatoms. The van der Waals surface area contributed by atoms with E-state index in [1.54, 1.807) is 0 Å². The number of carbonyl (C=O) groups is 1. The largest absolute Gasteiger partial charge is 0.381 e. The molecule has 0 saturated carbocycles. The topological polar surface area (TPSA) is 58.3 Å². The second-order valence-corrected chi connectivity index (χ2v) is 8.79. The Hall–Kier alpha value is -2.42. The molecule has 5 rings (SSSR count). The van der Waals surface area contributed by atoms with Crippen LogP contribution < -0.4 is 0 Å². The summed E-state index contributed by atoms with van der Waals surface area (Å²) >= 11 is 0. The summed E-state index contributed by atoms with van der Waals surface area (Å²) in [4.78, 5) is 15.7. The standard InChI is InChI=1S/C24H27N3O2/c1-16-23(24(28)13-26-19-6-7-20(26)9-8-19)11-22(10-18-14-29-15-18)27(16)21-4-2-17(12-25)3-5-21/h2-5,11,18-20H,6-10,13-15H2,1H3. The number of nitriles is 1. The van der Waals surface area contributed by atoms with Gasteiger partial charge in [0, 0.05) is 40.6 Å². The number of nitrogens with zero attached hydrogens (tertiary/aromatic N) is 3. The zero-order valence-electron chi connectivity index (χ0n) is 16.9. The Morgan fingerprint density at radius 2 is 1.79 bits per heavy atom. The average Bonchev–Trinajstić information content (AvgIpc) is 3.37. The maximum absolute atomic E-state index is 13.3. The molecule has 1 aromatic heterocycles. The number of hydrogen-bond acceptors (Lipinski definition) is 4. The van der Waals surface area contributed by atoms with Crippen molar-refractivity contribution in [2.75, 3.05) is 19.8 Å². The van der Waals surface area contributed by atoms with Gasteiger partial charge in [0.1, 0.15) is 0 Å². The van der Waals surface area contributed by atoms with Gasteiger partial charge in [0.25, 0.3) is 0 Å². The zero-order valence-corrected chi connectivity index (χ0v) is 16.9. The molecule has 0 spiro atoms. The predicted molar refractivity (Wildman–Crippen MR) is 110 cm³/mol. The monoisotopic (exact) mass is 389 g/mol. The summed E-state index contributed by atoms with van der Waals surface area (Å²) in [6, 6.07) is 13.1. The van der Waals surface area contributed by atoms with Crippen LogP contribution in [0.15, 0.2) is 30.3 Å². The van der Waals surface area contributed by atoms with Crippen molar-refractivity contribution in [3.05, 3.63) is 52.8 Å². The van der Waals surface area contributed by atoms with Crippen molar-refractivity contribution in [1.29, 1.82) is 5.26 Å². The molecule has 0 radical (unpaired) electrons. The Labute approximate surface area is 171 Å². The van der Waals surface area contributed by atoms with E-state index in [4.69, 9.17) is 10.00 Å². The van der Waals surface area contributed by atoms with E-state index in [0.29, 0.717) is 30.1 Å². The molecule has 29 heavy (non-hydrogen) atoms. The first-order valence-electron chi connectivity index (χ1n) is 10.7. The van der Waals surface area contributed by atoms with Crippen LogP contribution in [0.4, 0.5) is 0 Å². The summed E-state index contributed by atoms with van der Waals surface area (Å²) in [5.74, 6) is 0.749. The van der Waals surface area contributed by atoms with E-state index in [0.717, 1.165) is 42.3 Å². The molecular formula is C24H27N3O2. The molecule has 150 valence electrons. The second kappa shape index (κ2) is 7.44. The summed E-state index contributed by atoms with van der Waals surface area (Å²) in [7, 11) is 0. The van der Waals surface area contributed by atoms with E-state index in [2.05, 4.69) is 21.6 Å². The van der Waals surface area contributed by atoms with Crippen molar-refractivity contribution in [2.24, 2.45) is 5.92 Å². The van der Waals surface area contributed by atoms with Crippen molar-refractivity contribution < 1.29 is 9.53 Å². The molecule has 0 unspecified atom stereocenters. The summed E-state index contributed by atoms with van der Waals surface area (Å²) in [6.45, 7) is 4.17. The summed E-state index contributed by atoms with van der Waals surface area (Å²) in [6.07, 6.45) is 5.89. The van der Waals surface area contributed by atoms with Gasteiger partial charge in [-0.1, -0.05) is 0 Å². The fourth-order valence-corrected chi connectivity index (χ4v) is 5.38. The number of Topliss-reactive ketones (excluding diaryl/α,β-unsaturated/α-hetero) is 1. The van der Waals surface area contributed by atoms with Crippen LogP contribution in [-0.4, -0.2) is 47.1 Å². The van der Waals surface area contributed by atoms with Gasteiger partial charge in [0.2, 0.25) is 0 Å². The van der Waals surface area contributed by atoms with Crippen LogP contribution in [0.5, 0.6) is 0 Å². The normalized spacial score (nSPS) is 23.9. The molecule has 0 aliphatic carbocycles. The Morgan fingerprint density at radius 3 is 2.34 bits per heavy atom. The fourth-order valence-electron chi connectivity index (χ4n) is 5.38. The maximum Gasteiger partial charge on any atom is 0.178 e. The molecule has 0 amide bonds. The molecule has 3 aliphatic rings. The van der Waals surface area contributed by atoms with Crippen molar-refractivity contribution in [2.45, 2.75) is 51.1 Å². The molecule has 4 heterocycles. The summed E-state index contributed by atoms with van der Waals surface area (Å²) < 4.78 is 7.57. The first kappa shape index (κ1) is 18.6. The third kappa shape index (κ3) is 3.31. The minimum Gasteiger partial charge on any atom is -0.381 e. The van der Waals surface area contributed by atoms with Crippen LogP contribution in [0.25, 0.3) is 5.69 Å². The van der Waals surface area contributed by atoms with Gasteiger partial charge in [0.15, 0.2) is 5.78 Å². The minimum atomic E-state index is 0.236. The molecule has 3 fully saturated rings. The Kier molecular flexibility index (Phi) is 4.77. The van der Waals surface area contributed by atoms with Crippen LogP contribution in [0.3, 0.4) is 0 Å². The molecule has 2 aromatic rings. The molecule has 2 bridgehead atoms. The van der Waals surface area contributed by atoms with Crippen LogP contribution in [0, 0.1) is 24.2 Å². The van der Waals surface area contributed by atoms with E-state index in [1.165, 1.54) is 25.7 Å². The molecule has 5 nitrogen and oxygen atoms in total. The van der Waals surface area contributed by atoms with Gasteiger partial charge in [-0.25, -0.2) is 0 Å². The van der Waals surface area contributed by atoms with Gasteiger partial charge < -0.3 is 9.30 Å². The third-order valence-corrected chi connectivity index (χ3v) is 7.01. The molecule has 3 saturated heterocycles. The quantitative estimate of drug-likeness (QED) is 0.708. The van der Waals surface area contributed by atoms with Gasteiger partial charge >= 0.3 is 0 Å². The highest BCUT2D eigenvalue weighted by atomic mass is 16.5. The van der Waals surface area contributed by atoms with Gasteiger partial charge in [-0.2, -0.15) is 5.26 Å². The number of fused-ring (bicyclic) bond motifs is 2. The predicted octanol–water partition coefficient (Wildman–Crippen LogP) is 3.66. The number of ketones is 1. The van der Waals surface area contributed by atoms with Gasteiger partial charge in [-0.15, -0.1) is 0 Å². The number of benzene rings is 1. The van der Waals surface area contributed by atoms with Crippen molar-refractivity contribution in [1.82, 2.24) is 9.47 Å². The molecule has 1 aromatic carbocycles. The smallest absolute Gasteiger partial charge is 0.178 e. The summed E-state index contributed by atoms with van der Waals surface area (Å²) in [5, 5.41) is 9.11. The number of ether oxygens (including phenoxy) is 1. The number of rotatable bonds is 6. The lowest BCUT2D eigenvalue weighted by Gasteiger charge is -2.26. The lowest BCUT2D eigenvalue weighted by Crippen LogP contribution is -2.34. The third-order valence-electron chi connectivity index (χ3n) is 7.01. The van der Waals surface area contributed by atoms with Gasteiger partial charge in [0.05, 0.1) is 31.4 Å². The van der Waals surface area contributed by atoms with E-state index in [1.807, 2.05) is 31.2 Å². The van der Waals surface area contributed by atoms with Gasteiger partial charge in [-0.3, -0.25) is 9.69 Å². The molecular weight excluding hydrogens is 362 g/mol. The Balaban J connectivity index is 1.46. The van der Waals surface area contributed by atoms with E-state index < -0.39 is 0 Å². The maximum atomic E-state index is 13.3. The number of carbonyl (C=O) groups excluding carboxylic acids is 1. The molecule has 3 aliphatic heterocycles. The number of hydrogen-bond donors (Lipinski definition) is 0. The van der Waals surface area contributed by atoms with Crippen LogP contribution >= 0.6 is 0 Å². The lowest BCUT2D eigenvalue weighted by molar-refractivity contribution is -0.0318. The van der Waals surface area contributed by atoms with Gasteiger partial charge in [-0.05, 0) is 69.4 Å². The first-order chi connectivity index (χ1) is 14.1. The van der Waals surface area contributed by atoms with Crippen molar-refractivity contribution in [3.63, 3.8) is 0 Å². The van der Waals surface area contributed by atoms with E-state index >= 15 is 0 Å². The number of aromatic nitrogens is 1. The van der Waals surface area contributed by atoms with Crippen molar-refractivity contribution in [3.8, 4) is 11.8 Å². The summed E-state index contributed by atoms with van der Waals surface area (Å²) in [5.41, 5.74) is 4.66. The highest BCUT2D eigenvalue weighted by molar-refractivity contribution is 5.99. The first-order valence-corrected chi connectivity index (χ1v) is 10.7. The minimum absolute atomic E-state index is 0.236. The van der Waals surface area contributed by atoms with Crippen LogP contribution in [0.1, 0.15) is 53.0 Å². The van der Waals surface area contributed by atoms with Crippen LogP contribution in [0.2, 0.25) is 0 Å². The van der Waals surface area contributed by atoms with E-state index in [-0.39, 0.29) is 5.78 Å². The molecule has 0 N–H and O–H groups in total. The Morgan fingerprint density at radius 1 is 1.14 bits per heavy atom. The lowest BCUT2D eigenvalue weighted by atomic mass is 10.0. The average molecular weight is 389 g/mol. The van der Waals surface area contributed by atoms with E-state index in [9.17, 15) is 4.79 Å². The van der Waals surface area contributed by atoms with Crippen molar-refractivity contribution >= 4 is 5.78 Å². The molecule has 0 atom stereocenters. The highest BCUT2D eigenvalue weighted by Gasteiger charge is 2.40. The van der Waals surface area contributed by atoms with Crippen LogP contribution in [-0.2, 0) is 11.2 Å². The zero-order chi connectivity index (χ0) is 20.0. The Bertz CT molecular complexity index is 945. The SMILES string of the molecule is Cc1c(C(=O)CN2C3CCC2CC3)cc(CC2COC2)n1-c1ccc(C#N)cc1.